The van der Waals surface area contributed by atoms with Crippen LogP contribution >= 0.6 is 0 Å². The highest BCUT2D eigenvalue weighted by Crippen LogP contribution is 2.52. The normalized spacial score (nSPS) is 24.7. The fourth-order valence-electron chi connectivity index (χ4n) is 6.36. The summed E-state index contributed by atoms with van der Waals surface area (Å²) < 4.78 is 37.7. The second-order valence-corrected chi connectivity index (χ2v) is 11.0. The summed E-state index contributed by atoms with van der Waals surface area (Å²) in [7, 11) is 6.76. The Labute approximate surface area is 228 Å². The molecule has 1 fully saturated rings. The lowest BCUT2D eigenvalue weighted by Crippen LogP contribution is -2.55. The average molecular weight is 567 g/mol. The van der Waals surface area contributed by atoms with Crippen LogP contribution in [0.3, 0.4) is 0 Å². The third-order valence-electron chi connectivity index (χ3n) is 8.00. The van der Waals surface area contributed by atoms with Gasteiger partial charge in [-0.25, -0.2) is 0 Å². The number of likely N-dealkylation sites (N-methyl/N-ethyl adjacent to an activating group) is 1. The first-order valence-electron chi connectivity index (χ1n) is 12.8. The third kappa shape index (κ3) is 4.92. The van der Waals surface area contributed by atoms with E-state index in [1.807, 2.05) is 0 Å². The van der Waals surface area contributed by atoms with Crippen molar-refractivity contribution >= 4 is 28.9 Å². The number of Topliss-reactive ketones (excluding diaryl/α,β-unsaturated/α-hetero) is 2. The van der Waals surface area contributed by atoms with E-state index in [4.69, 9.17) is 5.73 Å². The molecule has 4 atom stereocenters. The molecular formula is C27H33F3N4O6. The highest BCUT2D eigenvalue weighted by atomic mass is 19.4. The number of halogens is 3. The van der Waals surface area contributed by atoms with Crippen molar-refractivity contribution < 1.29 is 42.9 Å². The van der Waals surface area contributed by atoms with Gasteiger partial charge in [0.25, 0.3) is 5.91 Å². The summed E-state index contributed by atoms with van der Waals surface area (Å²) in [6, 6.07) is 0.784. The average Bonchev–Trinajstić information content (AvgIpc) is 2.81. The number of hydrogen-bond donors (Lipinski definition) is 5. The van der Waals surface area contributed by atoms with Crippen LogP contribution in [0, 0.1) is 17.8 Å². The molecule has 6 N–H and O–H groups in total. The number of nitrogens with one attached hydrogen (secondary N) is 1. The van der Waals surface area contributed by atoms with Gasteiger partial charge in [0.05, 0.1) is 23.9 Å². The number of primary amides is 1. The number of carbonyl (C=O) groups is 3. The number of aliphatic hydroxyl groups excluding tert-OH is 2. The van der Waals surface area contributed by atoms with Crippen LogP contribution in [0.5, 0.6) is 5.75 Å². The molecular weight excluding hydrogens is 533 g/mol. The summed E-state index contributed by atoms with van der Waals surface area (Å²) in [5.41, 5.74) is 6.02. The van der Waals surface area contributed by atoms with Gasteiger partial charge in [0.2, 0.25) is 0 Å². The second kappa shape index (κ2) is 10.4. The van der Waals surface area contributed by atoms with Gasteiger partial charge >= 0.3 is 6.18 Å². The smallest absolute Gasteiger partial charge is 0.390 e. The number of nitrogens with zero attached hydrogens (tertiary/aromatic N) is 2. The van der Waals surface area contributed by atoms with Gasteiger partial charge in [0.1, 0.15) is 22.8 Å². The number of carbonyl (C=O) groups excluding carboxylic acids is 3. The number of aromatic hydroxyl groups is 1. The monoisotopic (exact) mass is 566 g/mol. The Hall–Kier alpha value is -3.58. The van der Waals surface area contributed by atoms with Crippen molar-refractivity contribution in [2.75, 3.05) is 39.6 Å². The predicted octanol–water partition coefficient (Wildman–Crippen LogP) is 1.96. The molecule has 3 aliphatic carbocycles. The summed E-state index contributed by atoms with van der Waals surface area (Å²) in [5.74, 6) is -6.80. The van der Waals surface area contributed by atoms with Gasteiger partial charge < -0.3 is 31.3 Å². The molecule has 1 aromatic rings. The summed E-state index contributed by atoms with van der Waals surface area (Å²) in [6.07, 6.45) is -4.98. The topological polar surface area (TPSA) is 156 Å². The van der Waals surface area contributed by atoms with Gasteiger partial charge in [0, 0.05) is 44.0 Å². The maximum atomic E-state index is 13.9. The minimum atomic E-state index is -4.35. The number of aliphatic hydroxyl groups is 2. The largest absolute Gasteiger partial charge is 0.510 e. The Kier molecular flexibility index (Phi) is 7.67. The van der Waals surface area contributed by atoms with Crippen LogP contribution in [0.1, 0.15) is 29.5 Å². The molecule has 13 heteroatoms. The number of rotatable bonds is 7. The van der Waals surface area contributed by atoms with Crippen LogP contribution in [0.15, 0.2) is 23.0 Å². The number of nitrogens with two attached hydrogens (primary N) is 1. The van der Waals surface area contributed by atoms with Crippen LogP contribution in [0.25, 0.3) is 5.76 Å². The van der Waals surface area contributed by atoms with Crippen molar-refractivity contribution in [1.82, 2.24) is 10.2 Å². The summed E-state index contributed by atoms with van der Waals surface area (Å²) >= 11 is 0. The number of phenolic OH excluding ortho intramolecular Hbond substituents is 1. The van der Waals surface area contributed by atoms with E-state index in [-0.39, 0.29) is 48.4 Å². The summed E-state index contributed by atoms with van der Waals surface area (Å²) in [5, 5.41) is 36.0. The van der Waals surface area contributed by atoms with Gasteiger partial charge in [-0.15, -0.1) is 0 Å². The fourth-order valence-corrected chi connectivity index (χ4v) is 6.36. The number of allylic oxidation sites excluding steroid dienone is 1. The maximum absolute atomic E-state index is 13.9. The van der Waals surface area contributed by atoms with Crippen molar-refractivity contribution in [3.63, 3.8) is 0 Å². The maximum Gasteiger partial charge on any atom is 0.390 e. The lowest BCUT2D eigenvalue weighted by Gasteiger charge is -2.46. The number of alkyl halides is 3. The van der Waals surface area contributed by atoms with Crippen LogP contribution < -0.4 is 16.0 Å². The molecule has 4 rings (SSSR count). The van der Waals surface area contributed by atoms with E-state index in [1.165, 1.54) is 0 Å². The molecule has 1 saturated carbocycles. The Morgan fingerprint density at radius 2 is 1.77 bits per heavy atom. The molecule has 0 spiro atoms. The van der Waals surface area contributed by atoms with E-state index in [2.05, 4.69) is 5.32 Å². The van der Waals surface area contributed by atoms with Crippen molar-refractivity contribution in [1.29, 1.82) is 0 Å². The number of phenols is 1. The zero-order valence-electron chi connectivity index (χ0n) is 22.6. The first-order chi connectivity index (χ1) is 18.6. The van der Waals surface area contributed by atoms with Gasteiger partial charge in [-0.3, -0.25) is 19.3 Å². The van der Waals surface area contributed by atoms with E-state index in [0.717, 1.165) is 0 Å². The highest BCUT2D eigenvalue weighted by molar-refractivity contribution is 6.28. The Morgan fingerprint density at radius 3 is 2.33 bits per heavy atom. The van der Waals surface area contributed by atoms with Crippen molar-refractivity contribution in [2.24, 2.45) is 23.5 Å². The summed E-state index contributed by atoms with van der Waals surface area (Å²) in [4.78, 5) is 42.6. The predicted molar refractivity (Wildman–Crippen MR) is 139 cm³/mol. The Morgan fingerprint density at radius 1 is 1.12 bits per heavy atom. The molecule has 40 heavy (non-hydrogen) atoms. The number of amides is 1. The van der Waals surface area contributed by atoms with E-state index >= 15 is 0 Å². The van der Waals surface area contributed by atoms with E-state index in [9.17, 15) is 42.9 Å². The molecule has 10 nitrogen and oxygen atoms in total. The highest BCUT2D eigenvalue weighted by Gasteiger charge is 2.56. The molecule has 2 unspecified atom stereocenters. The minimum Gasteiger partial charge on any atom is -0.510 e. The number of ketones is 2. The lowest BCUT2D eigenvalue weighted by atomic mass is 9.59. The zero-order chi connectivity index (χ0) is 29.8. The van der Waals surface area contributed by atoms with Crippen LogP contribution in [0.4, 0.5) is 18.9 Å². The zero-order valence-corrected chi connectivity index (χ0v) is 22.6. The molecule has 1 aromatic carbocycles. The van der Waals surface area contributed by atoms with Crippen molar-refractivity contribution in [3.8, 4) is 5.75 Å². The number of hydrogen-bond acceptors (Lipinski definition) is 9. The van der Waals surface area contributed by atoms with Gasteiger partial charge in [0.15, 0.2) is 11.6 Å². The van der Waals surface area contributed by atoms with E-state index in [0.29, 0.717) is 11.3 Å². The number of fused-ring (bicyclic) bond motifs is 3. The van der Waals surface area contributed by atoms with E-state index < -0.39 is 71.0 Å². The standard InChI is InChI=1S/C27H33F3N4O6/c1-33(2)15-9-12(10-32-6-5-27(28,29)30)21(35)17-13(15)7-11-8-14-18(23(37)16(11)22(17)36)24(38)19(26(31)40)25(39)20(14)34(3)4/h9,11,14,18,20,32,35-36,39H,5-8,10H2,1-4H3,(H2,31,40)/t11?,14-,18?,20+/m1/s1. The SMILES string of the molecule is CN(C)c1cc(CNCCC(F)(F)F)c(O)c2c1CC1C[C@@H]3C(C(=O)C(C(N)=O)=C(O)[C@H]3N(C)C)C(=O)C1=C2O. The molecule has 0 aromatic heterocycles. The first-order valence-corrected chi connectivity index (χ1v) is 12.8. The van der Waals surface area contributed by atoms with Gasteiger partial charge in [-0.1, -0.05) is 0 Å². The van der Waals surface area contributed by atoms with E-state index in [1.54, 1.807) is 44.1 Å². The van der Waals surface area contributed by atoms with Crippen molar-refractivity contribution in [3.05, 3.63) is 39.7 Å². The van der Waals surface area contributed by atoms with Gasteiger partial charge in [-0.05, 0) is 50.4 Å². The molecule has 0 aliphatic heterocycles. The fraction of sp³-hybridized carbons (Fsp3) is 0.519. The molecule has 0 heterocycles. The Bertz CT molecular complexity index is 1330. The molecule has 1 amide bonds. The second-order valence-electron chi connectivity index (χ2n) is 11.0. The third-order valence-corrected chi connectivity index (χ3v) is 8.00. The van der Waals surface area contributed by atoms with Crippen LogP contribution in [0.2, 0.25) is 0 Å². The minimum absolute atomic E-state index is 0.0159. The number of benzene rings is 1. The summed E-state index contributed by atoms with van der Waals surface area (Å²) in [6.45, 7) is -0.512. The van der Waals surface area contributed by atoms with Crippen LogP contribution in [-0.2, 0) is 27.3 Å². The van der Waals surface area contributed by atoms with Gasteiger partial charge in [-0.2, -0.15) is 13.2 Å². The molecule has 3 aliphatic rings. The lowest BCUT2D eigenvalue weighted by molar-refractivity contribution is -0.137. The molecule has 0 bridgehead atoms. The molecule has 218 valence electrons. The Balaban J connectivity index is 1.80. The first kappa shape index (κ1) is 29.4. The van der Waals surface area contributed by atoms with Crippen LogP contribution in [-0.4, -0.2) is 84.6 Å². The molecule has 0 radical (unpaired) electrons. The van der Waals surface area contributed by atoms with Crippen molar-refractivity contribution in [2.45, 2.75) is 38.0 Å². The molecule has 0 saturated heterocycles. The quantitative estimate of drug-likeness (QED) is 0.189. The number of anilines is 1.